The lowest BCUT2D eigenvalue weighted by Crippen LogP contribution is -2.14. The largest absolute Gasteiger partial charge is 0.467 e. The van der Waals surface area contributed by atoms with Crippen molar-refractivity contribution in [3.05, 3.63) is 76.3 Å². The molecule has 0 aliphatic heterocycles. The first-order valence-corrected chi connectivity index (χ1v) is 8.21. The van der Waals surface area contributed by atoms with Gasteiger partial charge in [-0.1, -0.05) is 17.7 Å². The molecule has 0 aliphatic rings. The molecule has 1 aromatic carbocycles. The summed E-state index contributed by atoms with van der Waals surface area (Å²) in [6, 6.07) is 11.0. The van der Waals surface area contributed by atoms with Crippen LogP contribution >= 0.6 is 11.6 Å². The van der Waals surface area contributed by atoms with Crippen LogP contribution < -0.4 is 10.6 Å². The minimum absolute atomic E-state index is 0.251. The topological polar surface area (TPSA) is 67.2 Å². The van der Waals surface area contributed by atoms with Crippen molar-refractivity contribution in [2.45, 2.75) is 20.4 Å². The van der Waals surface area contributed by atoms with Crippen molar-refractivity contribution >= 4 is 29.0 Å². The monoisotopic (exact) mass is 355 g/mol. The highest BCUT2D eigenvalue weighted by molar-refractivity contribution is 6.34. The van der Waals surface area contributed by atoms with Gasteiger partial charge in [0.05, 0.1) is 29.1 Å². The fourth-order valence-corrected chi connectivity index (χ4v) is 2.85. The van der Waals surface area contributed by atoms with Crippen LogP contribution in [0.15, 0.2) is 53.3 Å². The molecule has 0 spiro atoms. The summed E-state index contributed by atoms with van der Waals surface area (Å²) in [4.78, 5) is 16.7. The van der Waals surface area contributed by atoms with E-state index in [2.05, 4.69) is 15.6 Å². The van der Waals surface area contributed by atoms with E-state index < -0.39 is 0 Å². The summed E-state index contributed by atoms with van der Waals surface area (Å²) in [5.74, 6) is 1.23. The Morgan fingerprint density at radius 2 is 2.08 bits per heavy atom. The molecular weight excluding hydrogens is 338 g/mol. The molecule has 0 unspecified atom stereocenters. The highest BCUT2D eigenvalue weighted by atomic mass is 35.5. The van der Waals surface area contributed by atoms with Gasteiger partial charge in [-0.2, -0.15) is 0 Å². The van der Waals surface area contributed by atoms with Crippen LogP contribution in [0.4, 0.5) is 11.5 Å². The van der Waals surface area contributed by atoms with Gasteiger partial charge in [-0.3, -0.25) is 4.79 Å². The predicted molar refractivity (Wildman–Crippen MR) is 99.2 cm³/mol. The van der Waals surface area contributed by atoms with Gasteiger partial charge in [0.25, 0.3) is 5.91 Å². The van der Waals surface area contributed by atoms with Crippen LogP contribution in [0.25, 0.3) is 0 Å². The van der Waals surface area contributed by atoms with E-state index in [9.17, 15) is 4.79 Å². The van der Waals surface area contributed by atoms with Crippen LogP contribution in [-0.4, -0.2) is 10.9 Å². The van der Waals surface area contributed by atoms with Crippen molar-refractivity contribution in [1.29, 1.82) is 0 Å². The Balaban J connectivity index is 1.66. The quantitative estimate of drug-likeness (QED) is 0.689. The number of carbonyl (C=O) groups is 1. The number of anilines is 2. The van der Waals surface area contributed by atoms with Crippen LogP contribution in [0.1, 0.15) is 27.2 Å². The van der Waals surface area contributed by atoms with E-state index in [1.807, 2.05) is 38.1 Å². The SMILES string of the molecule is Cc1cc(C)c(NC(=O)c2ccc(NCc3ccco3)nc2)c(Cl)c1. The molecule has 0 atom stereocenters. The number of aromatic nitrogens is 1. The van der Waals surface area contributed by atoms with E-state index in [0.717, 1.165) is 16.9 Å². The number of hydrogen-bond acceptors (Lipinski definition) is 4. The van der Waals surface area contributed by atoms with Gasteiger partial charge in [-0.05, 0) is 55.3 Å². The minimum atomic E-state index is -0.251. The third kappa shape index (κ3) is 4.19. The van der Waals surface area contributed by atoms with Gasteiger partial charge in [0.2, 0.25) is 0 Å². The zero-order valence-corrected chi connectivity index (χ0v) is 14.7. The third-order valence-corrected chi connectivity index (χ3v) is 4.02. The third-order valence-electron chi connectivity index (χ3n) is 3.72. The number of benzene rings is 1. The van der Waals surface area contributed by atoms with Crippen molar-refractivity contribution in [3.63, 3.8) is 0 Å². The molecule has 128 valence electrons. The van der Waals surface area contributed by atoms with Gasteiger partial charge < -0.3 is 15.1 Å². The van der Waals surface area contributed by atoms with Gasteiger partial charge >= 0.3 is 0 Å². The van der Waals surface area contributed by atoms with Crippen molar-refractivity contribution in [2.24, 2.45) is 0 Å². The van der Waals surface area contributed by atoms with Gasteiger partial charge in [0, 0.05) is 6.20 Å². The molecule has 5 nitrogen and oxygen atoms in total. The smallest absolute Gasteiger partial charge is 0.257 e. The standard InChI is InChI=1S/C19H18ClN3O2/c1-12-8-13(2)18(16(20)9-12)23-19(24)14-5-6-17(21-10-14)22-11-15-4-3-7-25-15/h3-10H,11H2,1-2H3,(H,21,22)(H,23,24). The average molecular weight is 356 g/mol. The van der Waals surface area contributed by atoms with Crippen LogP contribution in [0, 0.1) is 13.8 Å². The molecule has 0 bridgehead atoms. The molecule has 3 aromatic rings. The average Bonchev–Trinajstić information content (AvgIpc) is 3.10. The van der Waals surface area contributed by atoms with Gasteiger partial charge in [0.1, 0.15) is 11.6 Å². The van der Waals surface area contributed by atoms with Gasteiger partial charge in [-0.25, -0.2) is 4.98 Å². The summed E-state index contributed by atoms with van der Waals surface area (Å²) in [5.41, 5.74) is 3.05. The van der Waals surface area contributed by atoms with E-state index in [0.29, 0.717) is 28.6 Å². The van der Waals surface area contributed by atoms with Crippen LogP contribution in [0.2, 0.25) is 5.02 Å². The fraction of sp³-hybridized carbons (Fsp3) is 0.158. The summed E-state index contributed by atoms with van der Waals surface area (Å²) in [6.45, 7) is 4.40. The molecule has 2 heterocycles. The van der Waals surface area contributed by atoms with E-state index in [1.54, 1.807) is 18.4 Å². The molecule has 1 amide bonds. The zero-order valence-electron chi connectivity index (χ0n) is 14.0. The Bertz CT molecular complexity index is 851. The Kier molecular flexibility index (Phi) is 5.05. The Morgan fingerprint density at radius 1 is 1.24 bits per heavy atom. The molecule has 0 fully saturated rings. The number of nitrogens with one attached hydrogen (secondary N) is 2. The summed E-state index contributed by atoms with van der Waals surface area (Å²) in [6.07, 6.45) is 3.15. The van der Waals surface area contributed by atoms with Crippen LogP contribution in [-0.2, 0) is 6.54 Å². The molecule has 0 aliphatic carbocycles. The number of pyridine rings is 1. The second-order valence-electron chi connectivity index (χ2n) is 5.76. The molecular formula is C19H18ClN3O2. The second kappa shape index (κ2) is 7.40. The van der Waals surface area contributed by atoms with Crippen molar-refractivity contribution in [1.82, 2.24) is 4.98 Å². The minimum Gasteiger partial charge on any atom is -0.467 e. The number of amides is 1. The number of furan rings is 1. The first-order valence-electron chi connectivity index (χ1n) is 7.83. The molecule has 3 rings (SSSR count). The van der Waals surface area contributed by atoms with E-state index >= 15 is 0 Å². The number of nitrogens with zero attached hydrogens (tertiary/aromatic N) is 1. The maximum Gasteiger partial charge on any atom is 0.257 e. The molecule has 2 N–H and O–H groups in total. The number of carbonyl (C=O) groups excluding carboxylic acids is 1. The van der Waals surface area contributed by atoms with Crippen LogP contribution in [0.3, 0.4) is 0 Å². The summed E-state index contributed by atoms with van der Waals surface area (Å²) in [5, 5.41) is 6.50. The number of rotatable bonds is 5. The lowest BCUT2D eigenvalue weighted by molar-refractivity contribution is 0.102. The van der Waals surface area contributed by atoms with Gasteiger partial charge in [0.15, 0.2) is 0 Å². The predicted octanol–water partition coefficient (Wildman–Crippen LogP) is 4.81. The van der Waals surface area contributed by atoms with Crippen molar-refractivity contribution < 1.29 is 9.21 Å². The summed E-state index contributed by atoms with van der Waals surface area (Å²) < 4.78 is 5.25. The maximum absolute atomic E-state index is 12.4. The summed E-state index contributed by atoms with van der Waals surface area (Å²) >= 11 is 6.23. The van der Waals surface area contributed by atoms with E-state index in [-0.39, 0.29) is 5.91 Å². The molecule has 0 saturated carbocycles. The Hall–Kier alpha value is -2.79. The molecule has 0 saturated heterocycles. The van der Waals surface area contributed by atoms with Gasteiger partial charge in [-0.15, -0.1) is 0 Å². The van der Waals surface area contributed by atoms with Crippen molar-refractivity contribution in [2.75, 3.05) is 10.6 Å². The number of hydrogen-bond donors (Lipinski definition) is 2. The highest BCUT2D eigenvalue weighted by Crippen LogP contribution is 2.27. The zero-order chi connectivity index (χ0) is 17.8. The molecule has 2 aromatic heterocycles. The van der Waals surface area contributed by atoms with E-state index in [1.165, 1.54) is 6.20 Å². The molecule has 6 heteroatoms. The second-order valence-corrected chi connectivity index (χ2v) is 6.16. The Morgan fingerprint density at radius 3 is 2.72 bits per heavy atom. The highest BCUT2D eigenvalue weighted by Gasteiger charge is 2.12. The normalized spacial score (nSPS) is 10.5. The van der Waals surface area contributed by atoms with Crippen molar-refractivity contribution in [3.8, 4) is 0 Å². The lowest BCUT2D eigenvalue weighted by atomic mass is 10.1. The molecule has 25 heavy (non-hydrogen) atoms. The number of aryl methyl sites for hydroxylation is 2. The lowest BCUT2D eigenvalue weighted by Gasteiger charge is -2.12. The fourth-order valence-electron chi connectivity index (χ4n) is 2.48. The van der Waals surface area contributed by atoms with Crippen LogP contribution in [0.5, 0.6) is 0 Å². The first kappa shape index (κ1) is 17.0. The Labute approximate surface area is 151 Å². The first-order chi connectivity index (χ1) is 12.0. The number of halogens is 1. The summed E-state index contributed by atoms with van der Waals surface area (Å²) in [7, 11) is 0. The molecule has 0 radical (unpaired) electrons. The maximum atomic E-state index is 12.4. The van der Waals surface area contributed by atoms with E-state index in [4.69, 9.17) is 16.0 Å².